The van der Waals surface area contributed by atoms with E-state index in [0.717, 1.165) is 19.3 Å². The van der Waals surface area contributed by atoms with Crippen molar-refractivity contribution in [2.75, 3.05) is 0 Å². The first kappa shape index (κ1) is 12.2. The fourth-order valence-corrected chi connectivity index (χ4v) is 1.94. The molecule has 0 aromatic heterocycles. The van der Waals surface area contributed by atoms with E-state index >= 15 is 0 Å². The molecule has 0 radical (unpaired) electrons. The molecule has 0 bridgehead atoms. The van der Waals surface area contributed by atoms with Crippen LogP contribution in [0.2, 0.25) is 0 Å². The summed E-state index contributed by atoms with van der Waals surface area (Å²) in [5, 5.41) is 0. The Labute approximate surface area is 91.9 Å². The highest BCUT2D eigenvalue weighted by molar-refractivity contribution is 5.76. The molecule has 1 saturated carbocycles. The van der Waals surface area contributed by atoms with Crippen molar-refractivity contribution in [2.45, 2.75) is 58.1 Å². The minimum absolute atomic E-state index is 0.133. The normalized spacial score (nSPS) is 19.1. The zero-order valence-corrected chi connectivity index (χ0v) is 9.74. The molecule has 86 valence electrons. The summed E-state index contributed by atoms with van der Waals surface area (Å²) in [7, 11) is 0. The van der Waals surface area contributed by atoms with Gasteiger partial charge in [-0.25, -0.2) is 4.79 Å². The molecule has 0 aromatic rings. The summed E-state index contributed by atoms with van der Waals surface area (Å²) in [6.45, 7) is 7.60. The quantitative estimate of drug-likeness (QED) is 0.518. The maximum Gasteiger partial charge on any atom is 0.331 e. The molecule has 15 heavy (non-hydrogen) atoms. The lowest BCUT2D eigenvalue weighted by molar-refractivity contribution is -0.150. The largest absolute Gasteiger partial charge is 0.461 e. The Morgan fingerprint density at radius 2 is 2.07 bits per heavy atom. The van der Waals surface area contributed by atoms with Crippen molar-refractivity contribution in [3.63, 3.8) is 0 Å². The average molecular weight is 211 g/mol. The van der Waals surface area contributed by atoms with Crippen LogP contribution < -0.4 is 0 Å². The van der Waals surface area contributed by atoms with Crippen LogP contribution in [0.15, 0.2) is 4.99 Å². The van der Waals surface area contributed by atoms with Gasteiger partial charge in [0.15, 0.2) is 0 Å². The second-order valence-electron chi connectivity index (χ2n) is 4.67. The molecule has 0 amide bonds. The van der Waals surface area contributed by atoms with Crippen molar-refractivity contribution >= 4 is 12.7 Å². The summed E-state index contributed by atoms with van der Waals surface area (Å²) in [6, 6.07) is -0.370. The molecule has 0 aliphatic heterocycles. The number of hydrogen-bond acceptors (Lipinski definition) is 3. The molecule has 3 nitrogen and oxygen atoms in total. The highest BCUT2D eigenvalue weighted by Crippen LogP contribution is 2.22. The van der Waals surface area contributed by atoms with Crippen molar-refractivity contribution in [1.29, 1.82) is 0 Å². The first-order chi connectivity index (χ1) is 7.13. The molecule has 0 N–H and O–H groups in total. The summed E-state index contributed by atoms with van der Waals surface area (Å²) < 4.78 is 5.39. The third-order valence-electron chi connectivity index (χ3n) is 2.77. The Balaban J connectivity index is 2.38. The fraction of sp³-hybridized carbons (Fsp3) is 0.833. The van der Waals surface area contributed by atoms with Crippen LogP contribution in [0.4, 0.5) is 0 Å². The molecule has 1 fully saturated rings. The number of hydrogen-bond donors (Lipinski definition) is 0. The van der Waals surface area contributed by atoms with Gasteiger partial charge in [-0.15, -0.1) is 0 Å². The Hall–Kier alpha value is -0.860. The van der Waals surface area contributed by atoms with Gasteiger partial charge in [0, 0.05) is 0 Å². The monoisotopic (exact) mass is 211 g/mol. The van der Waals surface area contributed by atoms with Crippen molar-refractivity contribution < 1.29 is 9.53 Å². The van der Waals surface area contributed by atoms with E-state index in [2.05, 4.69) is 25.6 Å². The van der Waals surface area contributed by atoms with Crippen LogP contribution in [0, 0.1) is 5.92 Å². The molecule has 1 rings (SSSR count). The van der Waals surface area contributed by atoms with E-state index in [1.165, 1.54) is 12.8 Å². The Morgan fingerprint density at radius 1 is 1.47 bits per heavy atom. The third kappa shape index (κ3) is 4.02. The van der Waals surface area contributed by atoms with E-state index in [1.54, 1.807) is 0 Å². The van der Waals surface area contributed by atoms with E-state index in [0.29, 0.717) is 5.92 Å². The number of carbonyl (C=O) groups excluding carboxylic acids is 1. The predicted octanol–water partition coefficient (Wildman–Crippen LogP) is 2.59. The number of esters is 1. The molecule has 1 atom stereocenters. The van der Waals surface area contributed by atoms with Crippen LogP contribution in [0.1, 0.15) is 46.0 Å². The smallest absolute Gasteiger partial charge is 0.331 e. The van der Waals surface area contributed by atoms with Crippen LogP contribution in [0.25, 0.3) is 0 Å². The zero-order valence-electron chi connectivity index (χ0n) is 9.74. The van der Waals surface area contributed by atoms with Crippen molar-refractivity contribution in [2.24, 2.45) is 10.9 Å². The highest BCUT2D eigenvalue weighted by atomic mass is 16.5. The predicted molar refractivity (Wildman–Crippen MR) is 61.1 cm³/mol. The van der Waals surface area contributed by atoms with E-state index < -0.39 is 0 Å². The Bertz CT molecular complexity index is 220. The molecule has 1 aliphatic carbocycles. The molecule has 1 unspecified atom stereocenters. The molecular formula is C12H21NO2. The molecule has 0 heterocycles. The van der Waals surface area contributed by atoms with Gasteiger partial charge in [0.05, 0.1) is 0 Å². The lowest BCUT2D eigenvalue weighted by Gasteiger charge is -2.17. The first-order valence-electron chi connectivity index (χ1n) is 5.79. The van der Waals surface area contributed by atoms with Gasteiger partial charge < -0.3 is 4.74 Å². The Kier molecular flexibility index (Phi) is 4.79. The highest BCUT2D eigenvalue weighted by Gasteiger charge is 2.24. The lowest BCUT2D eigenvalue weighted by atomic mass is 10.0. The van der Waals surface area contributed by atoms with Crippen LogP contribution in [-0.4, -0.2) is 24.8 Å². The average Bonchev–Trinajstić information content (AvgIpc) is 2.66. The van der Waals surface area contributed by atoms with Gasteiger partial charge >= 0.3 is 5.97 Å². The van der Waals surface area contributed by atoms with Crippen molar-refractivity contribution in [3.8, 4) is 0 Å². The minimum Gasteiger partial charge on any atom is -0.461 e. The maximum absolute atomic E-state index is 11.7. The van der Waals surface area contributed by atoms with Crippen LogP contribution in [0.3, 0.4) is 0 Å². The lowest BCUT2D eigenvalue weighted by Crippen LogP contribution is -2.26. The van der Waals surface area contributed by atoms with E-state index in [9.17, 15) is 4.79 Å². The minimum atomic E-state index is -0.370. The summed E-state index contributed by atoms with van der Waals surface area (Å²) >= 11 is 0. The summed E-state index contributed by atoms with van der Waals surface area (Å²) in [5.41, 5.74) is 0. The second-order valence-corrected chi connectivity index (χ2v) is 4.67. The van der Waals surface area contributed by atoms with Crippen molar-refractivity contribution in [3.05, 3.63) is 0 Å². The van der Waals surface area contributed by atoms with Crippen LogP contribution in [0.5, 0.6) is 0 Å². The van der Waals surface area contributed by atoms with E-state index in [-0.39, 0.29) is 18.1 Å². The number of carbonyl (C=O) groups is 1. The first-order valence-corrected chi connectivity index (χ1v) is 5.79. The van der Waals surface area contributed by atoms with Crippen LogP contribution >= 0.6 is 0 Å². The van der Waals surface area contributed by atoms with Crippen molar-refractivity contribution in [1.82, 2.24) is 0 Å². The van der Waals surface area contributed by atoms with Gasteiger partial charge in [0.2, 0.25) is 0 Å². The molecular weight excluding hydrogens is 190 g/mol. The molecule has 0 spiro atoms. The maximum atomic E-state index is 11.7. The molecule has 1 aliphatic rings. The fourth-order valence-electron chi connectivity index (χ4n) is 1.94. The summed E-state index contributed by atoms with van der Waals surface area (Å²) in [5.74, 6) is 0.252. The van der Waals surface area contributed by atoms with Gasteiger partial charge in [-0.3, -0.25) is 4.99 Å². The van der Waals surface area contributed by atoms with Gasteiger partial charge in [-0.1, -0.05) is 13.8 Å². The van der Waals surface area contributed by atoms with Gasteiger partial charge in [0.1, 0.15) is 12.1 Å². The van der Waals surface area contributed by atoms with E-state index in [1.807, 2.05) is 0 Å². The number of nitrogens with zero attached hydrogens (tertiary/aromatic N) is 1. The number of rotatable bonds is 5. The zero-order chi connectivity index (χ0) is 11.3. The van der Waals surface area contributed by atoms with Gasteiger partial charge in [-0.05, 0) is 44.7 Å². The SMILES string of the molecule is C=NC(CC(C)C)C(=O)OC1CCCC1. The standard InChI is InChI=1S/C12H21NO2/c1-9(2)8-11(13-3)12(14)15-10-6-4-5-7-10/h9-11H,3-8H2,1-2H3. The summed E-state index contributed by atoms with van der Waals surface area (Å²) in [6.07, 6.45) is 5.24. The van der Waals surface area contributed by atoms with Gasteiger partial charge in [0.25, 0.3) is 0 Å². The molecule has 0 aromatic carbocycles. The number of aliphatic imine (C=N–C) groups is 1. The van der Waals surface area contributed by atoms with Gasteiger partial charge in [-0.2, -0.15) is 0 Å². The molecule has 0 saturated heterocycles. The van der Waals surface area contributed by atoms with Crippen LogP contribution in [-0.2, 0) is 9.53 Å². The topological polar surface area (TPSA) is 38.7 Å². The molecule has 3 heteroatoms. The van der Waals surface area contributed by atoms with E-state index in [4.69, 9.17) is 4.74 Å². The Morgan fingerprint density at radius 3 is 2.53 bits per heavy atom. The number of ether oxygens (including phenoxy) is 1. The third-order valence-corrected chi connectivity index (χ3v) is 2.77. The summed E-state index contributed by atoms with van der Waals surface area (Å²) in [4.78, 5) is 15.6. The second kappa shape index (κ2) is 5.89.